The van der Waals surface area contributed by atoms with Crippen molar-refractivity contribution in [3.8, 4) is 0 Å². The summed E-state index contributed by atoms with van der Waals surface area (Å²) < 4.78 is 64.0. The molecule has 128 valence electrons. The predicted octanol–water partition coefficient (Wildman–Crippen LogP) is 2.71. The van der Waals surface area contributed by atoms with E-state index in [1.54, 1.807) is 0 Å². The Labute approximate surface area is 134 Å². The molecule has 1 rings (SSSR count). The average molecular weight is 361 g/mol. The minimum atomic E-state index is -4.48. The van der Waals surface area contributed by atoms with E-state index in [0.29, 0.717) is 6.54 Å². The van der Waals surface area contributed by atoms with Crippen LogP contribution in [0.3, 0.4) is 0 Å². The first-order chi connectivity index (χ1) is 9.68. The van der Waals surface area contributed by atoms with Crippen LogP contribution in [0.1, 0.15) is 24.5 Å². The van der Waals surface area contributed by atoms with Gasteiger partial charge in [0.25, 0.3) is 0 Å². The monoisotopic (exact) mass is 360 g/mol. The van der Waals surface area contributed by atoms with Gasteiger partial charge in [-0.25, -0.2) is 13.1 Å². The number of alkyl halides is 3. The van der Waals surface area contributed by atoms with Crippen LogP contribution in [0.5, 0.6) is 0 Å². The van der Waals surface area contributed by atoms with Crippen molar-refractivity contribution in [2.75, 3.05) is 19.6 Å². The van der Waals surface area contributed by atoms with Crippen LogP contribution < -0.4 is 10.0 Å². The summed E-state index contributed by atoms with van der Waals surface area (Å²) in [5.41, 5.74) is -0.789. The number of nitrogens with one attached hydrogen (secondary N) is 2. The Morgan fingerprint density at radius 1 is 1.14 bits per heavy atom. The van der Waals surface area contributed by atoms with Gasteiger partial charge in [-0.15, -0.1) is 12.4 Å². The third kappa shape index (κ3) is 6.12. The van der Waals surface area contributed by atoms with Gasteiger partial charge in [0.15, 0.2) is 0 Å². The number of rotatable bonds is 7. The van der Waals surface area contributed by atoms with Gasteiger partial charge < -0.3 is 5.32 Å². The van der Waals surface area contributed by atoms with Crippen LogP contribution in [-0.4, -0.2) is 28.1 Å². The van der Waals surface area contributed by atoms with Crippen molar-refractivity contribution in [1.82, 2.24) is 10.0 Å². The minimum Gasteiger partial charge on any atom is -0.315 e. The summed E-state index contributed by atoms with van der Waals surface area (Å²) in [7, 11) is -3.80. The lowest BCUT2D eigenvalue weighted by atomic mass is 10.1. The number of benzene rings is 1. The van der Waals surface area contributed by atoms with Crippen molar-refractivity contribution in [2.45, 2.75) is 31.3 Å². The largest absolute Gasteiger partial charge is 0.416 e. The molecular weight excluding hydrogens is 341 g/mol. The molecule has 0 atom stereocenters. The molecule has 0 aliphatic carbocycles. The maximum atomic E-state index is 12.5. The van der Waals surface area contributed by atoms with Crippen LogP contribution in [0.2, 0.25) is 0 Å². The van der Waals surface area contributed by atoms with Gasteiger partial charge in [-0.3, -0.25) is 0 Å². The Bertz CT molecular complexity index is 577. The predicted molar refractivity (Wildman–Crippen MR) is 81.8 cm³/mol. The quantitative estimate of drug-likeness (QED) is 0.735. The maximum Gasteiger partial charge on any atom is 0.416 e. The summed E-state index contributed by atoms with van der Waals surface area (Å²) in [5, 5.41) is 3.03. The van der Waals surface area contributed by atoms with Crippen LogP contribution >= 0.6 is 12.4 Å². The summed E-state index contributed by atoms with van der Waals surface area (Å²) in [6.07, 6.45) is -3.55. The molecule has 0 unspecified atom stereocenters. The molecule has 0 saturated carbocycles. The highest BCUT2D eigenvalue weighted by molar-refractivity contribution is 7.89. The Hall–Kier alpha value is -0.830. The second-order valence-electron chi connectivity index (χ2n) is 4.63. The number of hydrogen-bond acceptors (Lipinski definition) is 3. The van der Waals surface area contributed by atoms with Crippen LogP contribution in [0.15, 0.2) is 23.1 Å². The van der Waals surface area contributed by atoms with Crippen molar-refractivity contribution < 1.29 is 21.6 Å². The van der Waals surface area contributed by atoms with Gasteiger partial charge in [-0.1, -0.05) is 6.92 Å². The number of aryl methyl sites for hydroxylation is 1. The topological polar surface area (TPSA) is 58.2 Å². The lowest BCUT2D eigenvalue weighted by molar-refractivity contribution is -0.137. The molecule has 0 bridgehead atoms. The van der Waals surface area contributed by atoms with Gasteiger partial charge in [0.1, 0.15) is 0 Å². The molecule has 0 aliphatic rings. The Morgan fingerprint density at radius 2 is 1.77 bits per heavy atom. The fourth-order valence-corrected chi connectivity index (χ4v) is 3.04. The molecular formula is C13H20ClF3N2O2S. The fourth-order valence-electron chi connectivity index (χ4n) is 1.78. The van der Waals surface area contributed by atoms with Crippen LogP contribution in [0.4, 0.5) is 13.2 Å². The van der Waals surface area contributed by atoms with E-state index in [1.807, 2.05) is 6.92 Å². The minimum absolute atomic E-state index is 0. The number of hydrogen-bond donors (Lipinski definition) is 2. The molecule has 0 amide bonds. The molecule has 0 fully saturated rings. The number of halogens is 4. The van der Waals surface area contributed by atoms with E-state index in [0.717, 1.165) is 31.2 Å². The first-order valence-electron chi connectivity index (χ1n) is 6.56. The molecule has 0 aromatic heterocycles. The average Bonchev–Trinajstić information content (AvgIpc) is 2.37. The van der Waals surface area contributed by atoms with Gasteiger partial charge in [0.2, 0.25) is 10.0 Å². The van der Waals surface area contributed by atoms with E-state index in [4.69, 9.17) is 0 Å². The van der Waals surface area contributed by atoms with Crippen LogP contribution in [-0.2, 0) is 16.2 Å². The van der Waals surface area contributed by atoms with Crippen molar-refractivity contribution in [1.29, 1.82) is 0 Å². The van der Waals surface area contributed by atoms with Gasteiger partial charge in [-0.2, -0.15) is 13.2 Å². The highest BCUT2D eigenvalue weighted by Crippen LogP contribution is 2.31. The summed E-state index contributed by atoms with van der Waals surface area (Å²) in [4.78, 5) is -0.133. The molecule has 4 nitrogen and oxygen atoms in total. The summed E-state index contributed by atoms with van der Waals surface area (Å²) in [6, 6.07) is 2.60. The molecule has 0 radical (unpaired) electrons. The van der Waals surface area contributed by atoms with Gasteiger partial charge in [0.05, 0.1) is 10.5 Å². The lowest BCUT2D eigenvalue weighted by Crippen LogP contribution is -2.32. The summed E-state index contributed by atoms with van der Waals surface area (Å²) >= 11 is 0. The van der Waals surface area contributed by atoms with Crippen molar-refractivity contribution in [3.05, 3.63) is 29.3 Å². The fraction of sp³-hybridized carbons (Fsp3) is 0.538. The maximum absolute atomic E-state index is 12.5. The van der Waals surface area contributed by atoms with Crippen molar-refractivity contribution >= 4 is 22.4 Å². The van der Waals surface area contributed by atoms with Crippen molar-refractivity contribution in [2.24, 2.45) is 0 Å². The molecule has 0 saturated heterocycles. The highest BCUT2D eigenvalue weighted by Gasteiger charge is 2.31. The standard InChI is InChI=1S/C13H19F3N2O2S.ClH/c1-3-6-17-7-8-18-21(19,20)12-5-4-11(9-10(12)2)13(14,15)16;/h4-5,9,17-18H,3,6-8H2,1-2H3;1H. The first-order valence-corrected chi connectivity index (χ1v) is 8.05. The Balaban J connectivity index is 0.00000441. The molecule has 1 aromatic carbocycles. The lowest BCUT2D eigenvalue weighted by Gasteiger charge is -2.12. The van der Waals surface area contributed by atoms with E-state index >= 15 is 0 Å². The molecule has 1 aromatic rings. The van der Waals surface area contributed by atoms with E-state index in [2.05, 4.69) is 10.0 Å². The zero-order valence-electron chi connectivity index (χ0n) is 12.3. The van der Waals surface area contributed by atoms with Gasteiger partial charge in [-0.05, 0) is 43.7 Å². The molecule has 0 heterocycles. The first kappa shape index (κ1) is 21.2. The van der Waals surface area contributed by atoms with E-state index in [-0.39, 0.29) is 29.4 Å². The van der Waals surface area contributed by atoms with Crippen LogP contribution in [0.25, 0.3) is 0 Å². The normalized spacial score (nSPS) is 12.0. The molecule has 0 aliphatic heterocycles. The van der Waals surface area contributed by atoms with E-state index in [1.165, 1.54) is 6.92 Å². The number of sulfonamides is 1. The molecule has 0 spiro atoms. The van der Waals surface area contributed by atoms with Crippen LogP contribution in [0, 0.1) is 6.92 Å². The summed E-state index contributed by atoms with van der Waals surface area (Å²) in [5.74, 6) is 0. The second kappa shape index (κ2) is 8.71. The molecule has 22 heavy (non-hydrogen) atoms. The third-order valence-electron chi connectivity index (χ3n) is 2.81. The van der Waals surface area contributed by atoms with Gasteiger partial charge in [0, 0.05) is 13.1 Å². The smallest absolute Gasteiger partial charge is 0.315 e. The Morgan fingerprint density at radius 3 is 2.27 bits per heavy atom. The zero-order valence-corrected chi connectivity index (χ0v) is 14.0. The molecule has 2 N–H and O–H groups in total. The summed E-state index contributed by atoms with van der Waals surface area (Å²) in [6.45, 7) is 4.76. The Kier molecular flexibility index (Phi) is 8.38. The van der Waals surface area contributed by atoms with Gasteiger partial charge >= 0.3 is 6.18 Å². The van der Waals surface area contributed by atoms with E-state index in [9.17, 15) is 21.6 Å². The third-order valence-corrected chi connectivity index (χ3v) is 4.43. The molecule has 9 heteroatoms. The van der Waals surface area contributed by atoms with Crippen molar-refractivity contribution in [3.63, 3.8) is 0 Å². The SMILES string of the molecule is CCCNCCNS(=O)(=O)c1ccc(C(F)(F)F)cc1C.Cl. The highest BCUT2D eigenvalue weighted by atomic mass is 35.5. The zero-order chi connectivity index (χ0) is 16.1. The van der Waals surface area contributed by atoms with E-state index < -0.39 is 21.8 Å². The second-order valence-corrected chi connectivity index (χ2v) is 6.36.